The molecule has 0 saturated carbocycles. The Balaban J connectivity index is 3.69. The van der Waals surface area contributed by atoms with Crippen LogP contribution in [0.5, 0.6) is 0 Å². The summed E-state index contributed by atoms with van der Waals surface area (Å²) < 4.78 is 4.30. The van der Waals surface area contributed by atoms with Gasteiger partial charge in [-0.3, -0.25) is 4.79 Å². The predicted octanol–water partition coefficient (Wildman–Crippen LogP) is 0.156. The lowest BCUT2D eigenvalue weighted by Gasteiger charge is -2.07. The highest BCUT2D eigenvalue weighted by molar-refractivity contribution is 7.98. The molecule has 5 heteroatoms. The topological polar surface area (TPSA) is 69.4 Å². The number of hydrogen-bond acceptors (Lipinski definition) is 5. The molecule has 0 amide bonds. The van der Waals surface area contributed by atoms with E-state index in [2.05, 4.69) is 4.74 Å². The van der Waals surface area contributed by atoms with Crippen LogP contribution in [0.25, 0.3) is 0 Å². The van der Waals surface area contributed by atoms with Gasteiger partial charge in [-0.2, -0.15) is 11.8 Å². The highest BCUT2D eigenvalue weighted by atomic mass is 32.2. The molecule has 2 N–H and O–H groups in total. The van der Waals surface area contributed by atoms with Gasteiger partial charge in [-0.1, -0.05) is 0 Å². The van der Waals surface area contributed by atoms with Crippen molar-refractivity contribution in [3.05, 3.63) is 0 Å². The molecule has 70 valence electrons. The Morgan fingerprint density at radius 2 is 2.17 bits per heavy atom. The van der Waals surface area contributed by atoms with Crippen LogP contribution in [0, 0.1) is 0 Å². The number of rotatable bonds is 4. The molecular formula is C7H13NO3S. The first-order valence-electron chi connectivity index (χ1n) is 3.54. The summed E-state index contributed by atoms with van der Waals surface area (Å²) >= 11 is 1.59. The Morgan fingerprint density at radius 3 is 2.58 bits per heavy atom. The molecule has 0 aliphatic rings. The van der Waals surface area contributed by atoms with Crippen LogP contribution in [0.4, 0.5) is 0 Å². The Hall–Kier alpha value is -0.550. The molecule has 0 radical (unpaired) electrons. The van der Waals surface area contributed by atoms with Crippen molar-refractivity contribution in [2.75, 3.05) is 12.0 Å². The maximum absolute atomic E-state index is 10.9. The maximum Gasteiger partial charge on any atom is 0.330 e. The number of thioether (sulfide) groups is 1. The van der Waals surface area contributed by atoms with Gasteiger partial charge in [0, 0.05) is 6.92 Å². The molecule has 0 bridgehead atoms. The zero-order valence-electron chi connectivity index (χ0n) is 7.20. The highest BCUT2D eigenvalue weighted by Crippen LogP contribution is 2.00. The van der Waals surface area contributed by atoms with E-state index < -0.39 is 18.0 Å². The molecule has 12 heavy (non-hydrogen) atoms. The lowest BCUT2D eigenvalue weighted by atomic mass is 10.2. The summed E-state index contributed by atoms with van der Waals surface area (Å²) in [5.41, 5.74) is 5.41. The zero-order valence-corrected chi connectivity index (χ0v) is 8.02. The van der Waals surface area contributed by atoms with E-state index in [1.54, 1.807) is 11.8 Å². The van der Waals surface area contributed by atoms with Crippen molar-refractivity contribution in [1.82, 2.24) is 0 Å². The summed E-state index contributed by atoms with van der Waals surface area (Å²) in [7, 11) is 0. The molecule has 1 atom stereocenters. The molecule has 0 fully saturated rings. The van der Waals surface area contributed by atoms with Crippen molar-refractivity contribution in [1.29, 1.82) is 0 Å². The van der Waals surface area contributed by atoms with Gasteiger partial charge in [0.1, 0.15) is 6.04 Å². The molecule has 0 aromatic carbocycles. The van der Waals surface area contributed by atoms with Crippen LogP contribution in [-0.2, 0) is 14.3 Å². The van der Waals surface area contributed by atoms with Crippen LogP contribution in [0.1, 0.15) is 13.3 Å². The molecule has 0 aromatic heterocycles. The first-order valence-corrected chi connectivity index (χ1v) is 4.94. The Morgan fingerprint density at radius 1 is 1.58 bits per heavy atom. The van der Waals surface area contributed by atoms with Crippen LogP contribution in [0.15, 0.2) is 0 Å². The van der Waals surface area contributed by atoms with E-state index >= 15 is 0 Å². The number of nitrogens with two attached hydrogens (primary N) is 1. The Labute approximate surface area is 75.8 Å². The van der Waals surface area contributed by atoms with E-state index in [0.717, 1.165) is 5.75 Å². The molecule has 0 heterocycles. The van der Waals surface area contributed by atoms with E-state index in [9.17, 15) is 9.59 Å². The quantitative estimate of drug-likeness (QED) is 0.506. The molecule has 0 aliphatic carbocycles. The fourth-order valence-electron chi connectivity index (χ4n) is 0.580. The van der Waals surface area contributed by atoms with Gasteiger partial charge in [-0.05, 0) is 18.4 Å². The van der Waals surface area contributed by atoms with Gasteiger partial charge in [0.25, 0.3) is 0 Å². The van der Waals surface area contributed by atoms with Gasteiger partial charge in [0.2, 0.25) is 0 Å². The van der Waals surface area contributed by atoms with Gasteiger partial charge in [-0.15, -0.1) is 0 Å². The smallest absolute Gasteiger partial charge is 0.330 e. The molecule has 4 nitrogen and oxygen atoms in total. The van der Waals surface area contributed by atoms with Crippen LogP contribution in [-0.4, -0.2) is 30.0 Å². The number of ether oxygens (including phenoxy) is 1. The van der Waals surface area contributed by atoms with E-state index in [4.69, 9.17) is 5.73 Å². The van der Waals surface area contributed by atoms with Crippen LogP contribution in [0.2, 0.25) is 0 Å². The third kappa shape index (κ3) is 5.15. The van der Waals surface area contributed by atoms with Crippen molar-refractivity contribution >= 4 is 23.7 Å². The normalized spacial score (nSPS) is 12.2. The number of carbonyl (C=O) groups excluding carboxylic acids is 2. The van der Waals surface area contributed by atoms with Gasteiger partial charge in [-0.25, -0.2) is 4.79 Å². The van der Waals surface area contributed by atoms with Crippen LogP contribution < -0.4 is 5.73 Å². The van der Waals surface area contributed by atoms with Crippen molar-refractivity contribution < 1.29 is 14.3 Å². The molecule has 0 aromatic rings. The minimum atomic E-state index is -0.679. The van der Waals surface area contributed by atoms with Crippen molar-refractivity contribution in [2.45, 2.75) is 19.4 Å². The summed E-state index contributed by atoms with van der Waals surface area (Å²) in [5, 5.41) is 0. The van der Waals surface area contributed by atoms with E-state index in [1.165, 1.54) is 6.92 Å². The number of esters is 2. The third-order valence-electron chi connectivity index (χ3n) is 1.18. The summed E-state index contributed by atoms with van der Waals surface area (Å²) in [6, 6.07) is -0.679. The van der Waals surface area contributed by atoms with Gasteiger partial charge in [0.15, 0.2) is 0 Å². The largest absolute Gasteiger partial charge is 0.392 e. The second-order valence-electron chi connectivity index (χ2n) is 2.30. The van der Waals surface area contributed by atoms with Crippen molar-refractivity contribution in [3.8, 4) is 0 Å². The fraction of sp³-hybridized carbons (Fsp3) is 0.714. The SMILES string of the molecule is CSCCC(N)C(=O)OC(C)=O. The average molecular weight is 191 g/mol. The summed E-state index contributed by atoms with van der Waals surface area (Å²) in [6.45, 7) is 1.18. The van der Waals surface area contributed by atoms with Gasteiger partial charge in [0.05, 0.1) is 0 Å². The van der Waals surface area contributed by atoms with Crippen molar-refractivity contribution in [2.24, 2.45) is 5.73 Å². The monoisotopic (exact) mass is 191 g/mol. The fourth-order valence-corrected chi connectivity index (χ4v) is 1.07. The first-order chi connectivity index (χ1) is 5.57. The average Bonchev–Trinajstić information content (AvgIpc) is 1.98. The van der Waals surface area contributed by atoms with Crippen LogP contribution in [0.3, 0.4) is 0 Å². The summed E-state index contributed by atoms with van der Waals surface area (Å²) in [5.74, 6) is -0.468. The lowest BCUT2D eigenvalue weighted by molar-refractivity contribution is -0.159. The summed E-state index contributed by atoms with van der Waals surface area (Å²) in [6.07, 6.45) is 2.45. The minimum absolute atomic E-state index is 0.535. The standard InChI is InChI=1S/C7H13NO3S/c1-5(9)11-7(10)6(8)3-4-12-2/h6H,3-4,8H2,1-2H3. The Bertz CT molecular complexity index is 172. The van der Waals surface area contributed by atoms with Gasteiger partial charge < -0.3 is 10.5 Å². The number of hydrogen-bond donors (Lipinski definition) is 1. The zero-order chi connectivity index (χ0) is 9.56. The van der Waals surface area contributed by atoms with E-state index in [0.29, 0.717) is 6.42 Å². The van der Waals surface area contributed by atoms with E-state index in [1.807, 2.05) is 6.26 Å². The van der Waals surface area contributed by atoms with Gasteiger partial charge >= 0.3 is 11.9 Å². The molecule has 1 unspecified atom stereocenters. The maximum atomic E-state index is 10.9. The second-order valence-corrected chi connectivity index (χ2v) is 3.29. The Kier molecular flexibility index (Phi) is 5.74. The lowest BCUT2D eigenvalue weighted by Crippen LogP contribution is -2.33. The van der Waals surface area contributed by atoms with Crippen molar-refractivity contribution in [3.63, 3.8) is 0 Å². The second kappa shape index (κ2) is 6.02. The molecule has 0 spiro atoms. The predicted molar refractivity (Wildman–Crippen MR) is 47.7 cm³/mol. The third-order valence-corrected chi connectivity index (χ3v) is 1.82. The first kappa shape index (κ1) is 11.4. The summed E-state index contributed by atoms with van der Waals surface area (Å²) in [4.78, 5) is 21.2. The highest BCUT2D eigenvalue weighted by Gasteiger charge is 2.15. The number of carbonyl (C=O) groups is 2. The molecule has 0 aliphatic heterocycles. The molecule has 0 saturated heterocycles. The molecule has 0 rings (SSSR count). The van der Waals surface area contributed by atoms with E-state index in [-0.39, 0.29) is 0 Å². The van der Waals surface area contributed by atoms with Crippen LogP contribution >= 0.6 is 11.8 Å². The molecular weight excluding hydrogens is 178 g/mol. The minimum Gasteiger partial charge on any atom is -0.392 e.